The number of carboxylic acids is 1. The van der Waals surface area contributed by atoms with E-state index < -0.39 is 12.0 Å². The molecule has 0 saturated carbocycles. The van der Waals surface area contributed by atoms with Gasteiger partial charge in [-0.15, -0.1) is 0 Å². The van der Waals surface area contributed by atoms with Crippen molar-refractivity contribution in [3.05, 3.63) is 53.6 Å². The van der Waals surface area contributed by atoms with E-state index in [1.807, 2.05) is 38.1 Å². The number of hydrazine groups is 1. The number of anilines is 2. The number of methoxy groups -OCH3 is 1. The van der Waals surface area contributed by atoms with Crippen LogP contribution in [0.25, 0.3) is 0 Å². The number of urea groups is 1. The molecule has 3 amide bonds. The summed E-state index contributed by atoms with van der Waals surface area (Å²) in [5.41, 5.74) is 5.60. The summed E-state index contributed by atoms with van der Waals surface area (Å²) in [7, 11) is 1.49. The SMILES string of the molecule is CCCN(NC(=O)Cc1ccc(NC(=O)Nc2ccccc2C)c(OC)c1)C(C)CC(=O)O. The lowest BCUT2D eigenvalue weighted by molar-refractivity contribution is -0.140. The molecule has 2 rings (SSSR count). The Morgan fingerprint density at radius 3 is 2.42 bits per heavy atom. The third kappa shape index (κ3) is 8.12. The van der Waals surface area contributed by atoms with Crippen molar-refractivity contribution in [1.29, 1.82) is 0 Å². The molecule has 0 aromatic heterocycles. The van der Waals surface area contributed by atoms with Crippen LogP contribution in [-0.4, -0.2) is 47.7 Å². The Hall–Kier alpha value is -3.59. The molecule has 0 radical (unpaired) electrons. The number of ether oxygens (including phenoxy) is 1. The van der Waals surface area contributed by atoms with Gasteiger partial charge in [-0.25, -0.2) is 9.80 Å². The summed E-state index contributed by atoms with van der Waals surface area (Å²) in [6.07, 6.45) is 0.772. The van der Waals surface area contributed by atoms with Crippen molar-refractivity contribution >= 4 is 29.3 Å². The first-order chi connectivity index (χ1) is 15.7. The number of benzene rings is 2. The fraction of sp³-hybridized carbons (Fsp3) is 0.375. The number of carboxylic acid groups (broad SMARTS) is 1. The number of amides is 3. The highest BCUT2D eigenvalue weighted by molar-refractivity contribution is 6.01. The number of carbonyl (C=O) groups excluding carboxylic acids is 2. The molecule has 0 heterocycles. The number of hydrogen-bond donors (Lipinski definition) is 4. The van der Waals surface area contributed by atoms with Crippen LogP contribution in [0.3, 0.4) is 0 Å². The molecule has 9 nitrogen and oxygen atoms in total. The van der Waals surface area contributed by atoms with Gasteiger partial charge in [-0.2, -0.15) is 0 Å². The van der Waals surface area contributed by atoms with E-state index in [-0.39, 0.29) is 24.8 Å². The quantitative estimate of drug-likeness (QED) is 0.382. The summed E-state index contributed by atoms with van der Waals surface area (Å²) < 4.78 is 5.39. The number of rotatable bonds is 11. The van der Waals surface area contributed by atoms with Crippen LogP contribution < -0.4 is 20.8 Å². The number of aliphatic carboxylic acids is 1. The molecule has 0 aliphatic heterocycles. The Bertz CT molecular complexity index is 979. The average Bonchev–Trinajstić information content (AvgIpc) is 2.75. The summed E-state index contributed by atoms with van der Waals surface area (Å²) in [5, 5.41) is 16.2. The topological polar surface area (TPSA) is 120 Å². The summed E-state index contributed by atoms with van der Waals surface area (Å²) in [5.74, 6) is -0.761. The number of aryl methyl sites for hydroxylation is 1. The summed E-state index contributed by atoms with van der Waals surface area (Å²) in [6.45, 7) is 6.16. The molecule has 9 heteroatoms. The highest BCUT2D eigenvalue weighted by Gasteiger charge is 2.19. The number of nitrogens with one attached hydrogen (secondary N) is 3. The van der Waals surface area contributed by atoms with E-state index in [9.17, 15) is 14.4 Å². The van der Waals surface area contributed by atoms with Crippen LogP contribution >= 0.6 is 0 Å². The first-order valence-electron chi connectivity index (χ1n) is 10.8. The van der Waals surface area contributed by atoms with E-state index in [1.165, 1.54) is 7.11 Å². The minimum atomic E-state index is -0.919. The number of nitrogens with zero attached hydrogens (tertiary/aromatic N) is 1. The standard InChI is InChI=1S/C24H32N4O5/c1-5-12-28(17(3)13-23(30)31)27-22(29)15-18-10-11-20(21(14-18)33-4)26-24(32)25-19-9-7-6-8-16(19)2/h6-11,14,17H,5,12-13,15H2,1-4H3,(H,27,29)(H,30,31)(H2,25,26,32). The second-order valence-electron chi connectivity index (χ2n) is 7.78. The minimum absolute atomic E-state index is 0.0704. The Labute approximate surface area is 194 Å². The van der Waals surface area contributed by atoms with Gasteiger partial charge >= 0.3 is 12.0 Å². The minimum Gasteiger partial charge on any atom is -0.495 e. The van der Waals surface area contributed by atoms with Crippen LogP contribution in [0.4, 0.5) is 16.2 Å². The van der Waals surface area contributed by atoms with Crippen molar-refractivity contribution in [2.75, 3.05) is 24.3 Å². The molecular formula is C24H32N4O5. The zero-order chi connectivity index (χ0) is 24.4. The molecule has 0 saturated heterocycles. The predicted octanol–water partition coefficient (Wildman–Crippen LogP) is 3.80. The predicted molar refractivity (Wildman–Crippen MR) is 127 cm³/mol. The van der Waals surface area contributed by atoms with Crippen molar-refractivity contribution in [3.8, 4) is 5.75 Å². The Kier molecular flexibility index (Phi) is 9.68. The van der Waals surface area contributed by atoms with Gasteiger partial charge in [0.25, 0.3) is 0 Å². The number of carbonyl (C=O) groups is 3. The maximum Gasteiger partial charge on any atom is 0.323 e. The van der Waals surface area contributed by atoms with Crippen molar-refractivity contribution in [2.45, 2.75) is 46.1 Å². The molecule has 33 heavy (non-hydrogen) atoms. The van der Waals surface area contributed by atoms with Crippen molar-refractivity contribution in [2.24, 2.45) is 0 Å². The van der Waals surface area contributed by atoms with Gasteiger partial charge in [0, 0.05) is 18.3 Å². The molecule has 0 aliphatic carbocycles. The Morgan fingerprint density at radius 1 is 1.09 bits per heavy atom. The van der Waals surface area contributed by atoms with Gasteiger partial charge in [-0.3, -0.25) is 15.0 Å². The third-order valence-electron chi connectivity index (χ3n) is 5.01. The van der Waals surface area contributed by atoms with Crippen molar-refractivity contribution < 1.29 is 24.2 Å². The molecule has 0 bridgehead atoms. The highest BCUT2D eigenvalue weighted by atomic mass is 16.5. The molecule has 0 fully saturated rings. The molecule has 0 spiro atoms. The fourth-order valence-corrected chi connectivity index (χ4v) is 3.31. The van der Waals surface area contributed by atoms with E-state index in [1.54, 1.807) is 30.1 Å². The molecule has 2 aromatic carbocycles. The highest BCUT2D eigenvalue weighted by Crippen LogP contribution is 2.26. The average molecular weight is 457 g/mol. The molecular weight excluding hydrogens is 424 g/mol. The van der Waals surface area contributed by atoms with Crippen molar-refractivity contribution in [3.63, 3.8) is 0 Å². The van der Waals surface area contributed by atoms with E-state index in [2.05, 4.69) is 16.1 Å². The fourth-order valence-electron chi connectivity index (χ4n) is 3.31. The van der Waals surface area contributed by atoms with E-state index >= 15 is 0 Å². The van der Waals surface area contributed by atoms with E-state index in [4.69, 9.17) is 9.84 Å². The van der Waals surface area contributed by atoms with Gasteiger partial charge in [0.05, 0.1) is 25.6 Å². The molecule has 178 valence electrons. The van der Waals surface area contributed by atoms with Gasteiger partial charge in [-0.05, 0) is 49.6 Å². The third-order valence-corrected chi connectivity index (χ3v) is 5.01. The van der Waals surface area contributed by atoms with Crippen LogP contribution in [0.5, 0.6) is 5.75 Å². The van der Waals surface area contributed by atoms with Crippen LogP contribution in [0.2, 0.25) is 0 Å². The normalized spacial score (nSPS) is 11.5. The summed E-state index contributed by atoms with van der Waals surface area (Å²) in [6, 6.07) is 11.8. The first kappa shape index (κ1) is 25.7. The molecule has 2 aromatic rings. The molecule has 1 unspecified atom stereocenters. The van der Waals surface area contributed by atoms with Crippen LogP contribution in [0.1, 0.15) is 37.8 Å². The Morgan fingerprint density at radius 2 is 1.79 bits per heavy atom. The summed E-state index contributed by atoms with van der Waals surface area (Å²) in [4.78, 5) is 36.0. The van der Waals surface area contributed by atoms with Gasteiger partial charge in [0.2, 0.25) is 5.91 Å². The van der Waals surface area contributed by atoms with Gasteiger partial charge < -0.3 is 20.5 Å². The number of hydrogen-bond acceptors (Lipinski definition) is 5. The largest absolute Gasteiger partial charge is 0.495 e. The molecule has 0 aliphatic rings. The number of para-hydroxylation sites is 1. The maximum atomic E-state index is 12.6. The van der Waals surface area contributed by atoms with E-state index in [0.29, 0.717) is 29.2 Å². The van der Waals surface area contributed by atoms with Gasteiger partial charge in [-0.1, -0.05) is 31.2 Å². The lowest BCUT2D eigenvalue weighted by Crippen LogP contribution is -2.49. The first-order valence-corrected chi connectivity index (χ1v) is 10.8. The van der Waals surface area contributed by atoms with Gasteiger partial charge in [0.15, 0.2) is 0 Å². The van der Waals surface area contributed by atoms with Gasteiger partial charge in [0.1, 0.15) is 5.75 Å². The van der Waals surface area contributed by atoms with Crippen LogP contribution in [-0.2, 0) is 16.0 Å². The van der Waals surface area contributed by atoms with Crippen LogP contribution in [0.15, 0.2) is 42.5 Å². The smallest absolute Gasteiger partial charge is 0.323 e. The van der Waals surface area contributed by atoms with E-state index in [0.717, 1.165) is 12.0 Å². The lowest BCUT2D eigenvalue weighted by atomic mass is 10.1. The Balaban J connectivity index is 2.02. The molecule has 4 N–H and O–H groups in total. The maximum absolute atomic E-state index is 12.6. The lowest BCUT2D eigenvalue weighted by Gasteiger charge is -2.28. The van der Waals surface area contributed by atoms with Crippen molar-refractivity contribution in [1.82, 2.24) is 10.4 Å². The zero-order valence-electron chi connectivity index (χ0n) is 19.5. The second kappa shape index (κ2) is 12.4. The second-order valence-corrected chi connectivity index (χ2v) is 7.78. The van der Waals surface area contributed by atoms with Crippen LogP contribution in [0, 0.1) is 6.92 Å². The summed E-state index contributed by atoms with van der Waals surface area (Å²) >= 11 is 0. The zero-order valence-corrected chi connectivity index (χ0v) is 19.5. The molecule has 1 atom stereocenters. The monoisotopic (exact) mass is 456 g/mol.